The number of esters is 1. The maximum absolute atomic E-state index is 11.8. The number of ether oxygens (including phenoxy) is 1. The molecule has 3 aromatic carbocycles. The van der Waals surface area contributed by atoms with Gasteiger partial charge in [0.25, 0.3) is 0 Å². The number of carbonyl (C=O) groups excluding carboxylic acids is 1. The fourth-order valence-electron chi connectivity index (χ4n) is 3.45. The van der Waals surface area contributed by atoms with E-state index in [-0.39, 0.29) is 23.0 Å². The van der Waals surface area contributed by atoms with Crippen LogP contribution in [0.4, 0.5) is 0 Å². The molecule has 0 saturated carbocycles. The third-order valence-electron chi connectivity index (χ3n) is 4.64. The zero-order valence-corrected chi connectivity index (χ0v) is 19.5. The van der Waals surface area contributed by atoms with Gasteiger partial charge in [0, 0.05) is 0 Å². The van der Waals surface area contributed by atoms with Gasteiger partial charge in [-0.2, -0.15) is 0 Å². The van der Waals surface area contributed by atoms with Crippen molar-refractivity contribution in [3.63, 3.8) is 0 Å². The Balaban J connectivity index is 0.00000280. The largest absolute Gasteiger partial charge is 1.00 e. The Morgan fingerprint density at radius 1 is 0.786 bits per heavy atom. The summed E-state index contributed by atoms with van der Waals surface area (Å²) in [4.78, 5) is 11.8. The van der Waals surface area contributed by atoms with Gasteiger partial charge < -0.3 is 17.0 Å². The maximum Gasteiger partial charge on any atom is -1.00 e. The van der Waals surface area contributed by atoms with Gasteiger partial charge in [-0.15, -0.1) is 0 Å². The van der Waals surface area contributed by atoms with Crippen LogP contribution in [0.5, 0.6) is 0 Å². The molecule has 0 N–H and O–H groups in total. The van der Waals surface area contributed by atoms with E-state index in [9.17, 15) is 4.79 Å². The molecule has 0 aliphatic carbocycles. The summed E-state index contributed by atoms with van der Waals surface area (Å²) >= 11 is -2.81. The van der Waals surface area contributed by atoms with Gasteiger partial charge in [-0.1, -0.05) is 0 Å². The summed E-state index contributed by atoms with van der Waals surface area (Å²) in [6.07, 6.45) is 1.63. The molecule has 4 heteroatoms. The third-order valence-corrected chi connectivity index (χ3v) is 14.1. The summed E-state index contributed by atoms with van der Waals surface area (Å²) in [5.41, 5.74) is 1.05. The number of methoxy groups -OCH3 is 1. The summed E-state index contributed by atoms with van der Waals surface area (Å²) in [6, 6.07) is 32.2. The predicted octanol–water partition coefficient (Wildman–Crippen LogP) is 0.280. The van der Waals surface area contributed by atoms with Crippen LogP contribution in [0.15, 0.2) is 103 Å². The fraction of sp³-hybridized carbons (Fsp3) is 0.125. The molecule has 0 radical (unpaired) electrons. The average molecular weight is 499 g/mol. The molecule has 0 aliphatic heterocycles. The number of hydrogen-bond donors (Lipinski definition) is 0. The van der Waals surface area contributed by atoms with Crippen LogP contribution in [-0.4, -0.2) is 26.6 Å². The van der Waals surface area contributed by atoms with Crippen molar-refractivity contribution in [2.45, 2.75) is 12.1 Å². The summed E-state index contributed by atoms with van der Waals surface area (Å²) in [5.74, 6) is -0.296. The van der Waals surface area contributed by atoms with Crippen molar-refractivity contribution in [1.29, 1.82) is 0 Å². The van der Waals surface area contributed by atoms with Crippen LogP contribution >= 0.6 is 0 Å². The second kappa shape index (κ2) is 10.5. The van der Waals surface area contributed by atoms with Crippen LogP contribution in [0.2, 0.25) is 5.21 Å². The minimum atomic E-state index is -2.81. The molecule has 0 atom stereocenters. The number of carbonyl (C=O) groups is 1. The first-order valence-corrected chi connectivity index (χ1v) is 13.1. The molecule has 0 heterocycles. The standard InChI is InChI=1S/C24H24AsO2.BrH/c1-20(18-24(26)27-2)19-25(21-12-6-3-7-13-21,22-14-8-4-9-15-22)23-16-10-5-11-17-23;/h3-18H,19H2,1-2H3;1H/q+1;/p-1/b20-18+;. The maximum atomic E-state index is 11.8. The van der Waals surface area contributed by atoms with Gasteiger partial charge in [0.2, 0.25) is 0 Å². The molecule has 0 bridgehead atoms. The molecule has 0 spiro atoms. The topological polar surface area (TPSA) is 26.3 Å². The minimum absolute atomic E-state index is 0. The van der Waals surface area contributed by atoms with Crippen LogP contribution in [0.25, 0.3) is 0 Å². The second-order valence-electron chi connectivity index (χ2n) is 6.49. The van der Waals surface area contributed by atoms with E-state index >= 15 is 0 Å². The van der Waals surface area contributed by atoms with Gasteiger partial charge in [0.15, 0.2) is 0 Å². The molecule has 2 nitrogen and oxygen atoms in total. The van der Waals surface area contributed by atoms with Crippen LogP contribution in [0.1, 0.15) is 6.92 Å². The quantitative estimate of drug-likeness (QED) is 0.277. The Morgan fingerprint density at radius 2 is 1.14 bits per heavy atom. The van der Waals surface area contributed by atoms with Crippen molar-refractivity contribution in [2.75, 3.05) is 7.11 Å². The molecule has 0 aliphatic rings. The van der Waals surface area contributed by atoms with E-state index in [1.807, 2.05) is 6.92 Å². The Bertz CT molecular complexity index is 812. The Labute approximate surface area is 180 Å². The van der Waals surface area contributed by atoms with Gasteiger partial charge in [-0.3, -0.25) is 0 Å². The first-order valence-electron chi connectivity index (χ1n) is 8.97. The van der Waals surface area contributed by atoms with E-state index in [2.05, 4.69) is 91.0 Å². The Hall–Kier alpha value is -2.09. The summed E-state index contributed by atoms with van der Waals surface area (Å²) in [7, 11) is 1.42. The van der Waals surface area contributed by atoms with Gasteiger partial charge in [0.05, 0.1) is 0 Å². The normalized spacial score (nSPS) is 11.4. The fourth-order valence-corrected chi connectivity index (χ4v) is 12.5. The first-order chi connectivity index (χ1) is 13.2. The van der Waals surface area contributed by atoms with Crippen LogP contribution in [0, 0.1) is 0 Å². The molecule has 0 fully saturated rings. The van der Waals surface area contributed by atoms with Gasteiger partial charge >= 0.3 is 164 Å². The number of rotatable bonds is 6. The smallest absolute Gasteiger partial charge is 1.00 e. The van der Waals surface area contributed by atoms with E-state index < -0.39 is 13.6 Å². The predicted molar refractivity (Wildman–Crippen MR) is 115 cm³/mol. The Kier molecular flexibility index (Phi) is 8.29. The van der Waals surface area contributed by atoms with E-state index in [1.54, 1.807) is 6.08 Å². The number of halogens is 1. The minimum Gasteiger partial charge on any atom is -1.00 e. The number of hydrogen-bond acceptors (Lipinski definition) is 2. The SMILES string of the molecule is COC(=O)/C=C(\C)C[As+](c1ccccc1)(c1ccccc1)c1ccccc1.[Br-]. The summed E-state index contributed by atoms with van der Waals surface area (Å²) in [5, 5.41) is 0.853. The van der Waals surface area contributed by atoms with Gasteiger partial charge in [0.1, 0.15) is 0 Å². The van der Waals surface area contributed by atoms with Crippen molar-refractivity contribution in [3.05, 3.63) is 103 Å². The van der Waals surface area contributed by atoms with Crippen LogP contribution in [-0.2, 0) is 9.53 Å². The molecule has 0 unspecified atom stereocenters. The molecule has 0 saturated heterocycles. The van der Waals surface area contributed by atoms with Crippen molar-refractivity contribution < 1.29 is 26.5 Å². The summed E-state index contributed by atoms with van der Waals surface area (Å²) in [6.45, 7) is 2.03. The molecular weight excluding hydrogens is 475 g/mol. The zero-order valence-electron chi connectivity index (χ0n) is 16.1. The number of benzene rings is 3. The van der Waals surface area contributed by atoms with E-state index in [1.165, 1.54) is 20.2 Å². The van der Waals surface area contributed by atoms with Gasteiger partial charge in [-0.25, -0.2) is 0 Å². The molecular formula is C24H24AsBrO2. The second-order valence-corrected chi connectivity index (χ2v) is 13.8. The Morgan fingerprint density at radius 3 is 1.46 bits per heavy atom. The molecule has 0 aromatic heterocycles. The molecule has 144 valence electrons. The number of allylic oxidation sites excluding steroid dienone is 1. The van der Waals surface area contributed by atoms with Crippen LogP contribution in [0.3, 0.4) is 0 Å². The van der Waals surface area contributed by atoms with Crippen molar-refractivity contribution in [2.24, 2.45) is 0 Å². The molecule has 3 aromatic rings. The average Bonchev–Trinajstić information content (AvgIpc) is 2.74. The zero-order chi connectivity index (χ0) is 19.1. The monoisotopic (exact) mass is 498 g/mol. The van der Waals surface area contributed by atoms with Crippen molar-refractivity contribution in [1.82, 2.24) is 0 Å². The van der Waals surface area contributed by atoms with Crippen molar-refractivity contribution in [3.8, 4) is 0 Å². The van der Waals surface area contributed by atoms with Crippen LogP contribution < -0.4 is 30.0 Å². The molecule has 3 rings (SSSR count). The van der Waals surface area contributed by atoms with E-state index in [0.717, 1.165) is 10.8 Å². The van der Waals surface area contributed by atoms with E-state index in [0.29, 0.717) is 0 Å². The van der Waals surface area contributed by atoms with Gasteiger partial charge in [-0.05, 0) is 0 Å². The third kappa shape index (κ3) is 4.84. The van der Waals surface area contributed by atoms with E-state index in [4.69, 9.17) is 4.74 Å². The molecule has 28 heavy (non-hydrogen) atoms. The molecule has 0 amide bonds. The van der Waals surface area contributed by atoms with Crippen molar-refractivity contribution >= 4 is 32.6 Å². The summed E-state index contributed by atoms with van der Waals surface area (Å²) < 4.78 is 8.96. The first kappa shape index (κ1) is 22.2.